The van der Waals surface area contributed by atoms with Crippen LogP contribution in [0.1, 0.15) is 0 Å². The van der Waals surface area contributed by atoms with Crippen LogP contribution in [-0.4, -0.2) is 51.0 Å². The number of hydrogen-bond acceptors (Lipinski definition) is 8. The first-order valence-corrected chi connectivity index (χ1v) is 7.03. The van der Waals surface area contributed by atoms with Crippen molar-refractivity contribution in [2.45, 2.75) is 10.1 Å². The number of rotatable bonds is 3. The third-order valence-electron chi connectivity index (χ3n) is 2.80. The van der Waals surface area contributed by atoms with Gasteiger partial charge in [-0.3, -0.25) is 4.68 Å². The van der Waals surface area contributed by atoms with Crippen molar-refractivity contribution in [1.29, 1.82) is 0 Å². The summed E-state index contributed by atoms with van der Waals surface area (Å²) in [6.45, 7) is 2.88. The van der Waals surface area contributed by atoms with E-state index in [1.807, 2.05) is 13.2 Å². The highest BCUT2D eigenvalue weighted by Gasteiger charge is 2.16. The third kappa shape index (κ3) is 2.99. The van der Waals surface area contributed by atoms with Gasteiger partial charge in [-0.15, -0.1) is 0 Å². The fraction of sp³-hybridized carbons (Fsp3) is 0.455. The summed E-state index contributed by atoms with van der Waals surface area (Å²) in [7, 11) is 1.87. The standard InChI is InChI=1S/C11H15N7OS/c1-17-7-8(6-13-17)20-11-15-9(12)14-10(16-11)18-2-4-19-5-3-18/h6-7H,2-5H2,1H3,(H2,12,14,15,16). The smallest absolute Gasteiger partial charge is 0.231 e. The molecule has 0 spiro atoms. The van der Waals surface area contributed by atoms with Crippen molar-refractivity contribution in [1.82, 2.24) is 24.7 Å². The predicted octanol–water partition coefficient (Wildman–Crippen LogP) is 0.175. The third-order valence-corrected chi connectivity index (χ3v) is 3.62. The van der Waals surface area contributed by atoms with Crippen molar-refractivity contribution in [3.8, 4) is 0 Å². The van der Waals surface area contributed by atoms with E-state index in [-0.39, 0.29) is 5.95 Å². The van der Waals surface area contributed by atoms with Crippen LogP contribution in [0.5, 0.6) is 0 Å². The molecule has 2 aromatic heterocycles. The molecule has 1 aliphatic heterocycles. The SMILES string of the molecule is Cn1cc(Sc2nc(N)nc(N3CCOCC3)n2)cn1. The number of morpholine rings is 1. The Morgan fingerprint density at radius 3 is 2.75 bits per heavy atom. The Labute approximate surface area is 120 Å². The summed E-state index contributed by atoms with van der Waals surface area (Å²) >= 11 is 1.42. The van der Waals surface area contributed by atoms with Crippen molar-refractivity contribution >= 4 is 23.7 Å². The van der Waals surface area contributed by atoms with Crippen LogP contribution in [0.25, 0.3) is 0 Å². The lowest BCUT2D eigenvalue weighted by Gasteiger charge is -2.26. The Bertz CT molecular complexity index is 596. The van der Waals surface area contributed by atoms with Gasteiger partial charge >= 0.3 is 0 Å². The summed E-state index contributed by atoms with van der Waals surface area (Å²) in [4.78, 5) is 15.8. The minimum Gasteiger partial charge on any atom is -0.378 e. The van der Waals surface area contributed by atoms with E-state index in [9.17, 15) is 0 Å². The van der Waals surface area contributed by atoms with Gasteiger partial charge in [0.2, 0.25) is 11.9 Å². The van der Waals surface area contributed by atoms with Crippen molar-refractivity contribution in [2.24, 2.45) is 7.05 Å². The van der Waals surface area contributed by atoms with Gasteiger partial charge in [-0.1, -0.05) is 0 Å². The maximum Gasteiger partial charge on any atom is 0.231 e. The van der Waals surface area contributed by atoms with Gasteiger partial charge in [-0.25, -0.2) is 0 Å². The predicted molar refractivity (Wildman–Crippen MR) is 74.6 cm³/mol. The van der Waals surface area contributed by atoms with Crippen LogP contribution >= 0.6 is 11.8 Å². The topological polar surface area (TPSA) is 95.0 Å². The van der Waals surface area contributed by atoms with Crippen LogP contribution in [-0.2, 0) is 11.8 Å². The molecule has 0 bridgehead atoms. The Morgan fingerprint density at radius 2 is 2.05 bits per heavy atom. The summed E-state index contributed by atoms with van der Waals surface area (Å²) in [6, 6.07) is 0. The fourth-order valence-electron chi connectivity index (χ4n) is 1.87. The molecule has 3 heterocycles. The maximum atomic E-state index is 5.77. The highest BCUT2D eigenvalue weighted by molar-refractivity contribution is 7.99. The van der Waals surface area contributed by atoms with Gasteiger partial charge in [-0.2, -0.15) is 20.1 Å². The molecule has 0 saturated carbocycles. The van der Waals surface area contributed by atoms with E-state index >= 15 is 0 Å². The Balaban J connectivity index is 1.82. The number of aryl methyl sites for hydroxylation is 1. The molecule has 8 nitrogen and oxygen atoms in total. The minimum absolute atomic E-state index is 0.230. The average molecular weight is 293 g/mol. The quantitative estimate of drug-likeness (QED) is 0.856. The summed E-state index contributed by atoms with van der Waals surface area (Å²) in [5, 5.41) is 4.69. The van der Waals surface area contributed by atoms with Crippen LogP contribution in [0.4, 0.5) is 11.9 Å². The number of ether oxygens (including phenoxy) is 1. The van der Waals surface area contributed by atoms with Gasteiger partial charge in [0.05, 0.1) is 24.3 Å². The zero-order valence-electron chi connectivity index (χ0n) is 11.1. The van der Waals surface area contributed by atoms with E-state index < -0.39 is 0 Å². The number of anilines is 2. The van der Waals surface area contributed by atoms with Crippen LogP contribution in [0.15, 0.2) is 22.4 Å². The lowest BCUT2D eigenvalue weighted by Crippen LogP contribution is -2.37. The monoisotopic (exact) mass is 293 g/mol. The molecule has 20 heavy (non-hydrogen) atoms. The van der Waals surface area contributed by atoms with Gasteiger partial charge in [0.25, 0.3) is 0 Å². The molecule has 1 fully saturated rings. The van der Waals surface area contributed by atoms with Crippen molar-refractivity contribution in [3.63, 3.8) is 0 Å². The van der Waals surface area contributed by atoms with Crippen LogP contribution in [0.3, 0.4) is 0 Å². The van der Waals surface area contributed by atoms with E-state index in [2.05, 4.69) is 25.0 Å². The first-order valence-electron chi connectivity index (χ1n) is 6.21. The highest BCUT2D eigenvalue weighted by atomic mass is 32.2. The highest BCUT2D eigenvalue weighted by Crippen LogP contribution is 2.25. The molecule has 0 aliphatic carbocycles. The number of nitrogen functional groups attached to an aromatic ring is 1. The van der Waals surface area contributed by atoms with Crippen molar-refractivity contribution < 1.29 is 4.74 Å². The Kier molecular flexibility index (Phi) is 3.70. The molecule has 9 heteroatoms. The maximum absolute atomic E-state index is 5.77. The van der Waals surface area contributed by atoms with Crippen molar-refractivity contribution in [2.75, 3.05) is 36.9 Å². The summed E-state index contributed by atoms with van der Waals surface area (Å²) in [5.41, 5.74) is 5.77. The molecule has 106 valence electrons. The van der Waals surface area contributed by atoms with Crippen LogP contribution < -0.4 is 10.6 Å². The summed E-state index contributed by atoms with van der Waals surface area (Å²) < 4.78 is 7.05. The van der Waals surface area contributed by atoms with E-state index in [4.69, 9.17) is 10.5 Å². The molecule has 0 unspecified atom stereocenters. The number of nitrogens with zero attached hydrogens (tertiary/aromatic N) is 6. The van der Waals surface area contributed by atoms with Gasteiger partial charge in [0.1, 0.15) is 0 Å². The van der Waals surface area contributed by atoms with E-state index in [1.54, 1.807) is 10.9 Å². The Morgan fingerprint density at radius 1 is 1.25 bits per heavy atom. The molecule has 0 amide bonds. The number of aromatic nitrogens is 5. The number of hydrogen-bond donors (Lipinski definition) is 1. The molecule has 2 N–H and O–H groups in total. The zero-order chi connectivity index (χ0) is 13.9. The van der Waals surface area contributed by atoms with Gasteiger partial charge in [-0.05, 0) is 11.8 Å². The van der Waals surface area contributed by atoms with Gasteiger partial charge in [0.15, 0.2) is 5.16 Å². The molecule has 1 aliphatic rings. The lowest BCUT2D eigenvalue weighted by molar-refractivity contribution is 0.122. The van der Waals surface area contributed by atoms with E-state index in [0.29, 0.717) is 24.3 Å². The Hall–Kier alpha value is -1.87. The molecular weight excluding hydrogens is 278 g/mol. The second-order valence-corrected chi connectivity index (χ2v) is 5.37. The van der Waals surface area contributed by atoms with E-state index in [1.165, 1.54) is 11.8 Å². The first-order chi connectivity index (χ1) is 9.70. The number of nitrogens with two attached hydrogens (primary N) is 1. The molecule has 0 radical (unpaired) electrons. The summed E-state index contributed by atoms with van der Waals surface area (Å²) in [6.07, 6.45) is 3.66. The zero-order valence-corrected chi connectivity index (χ0v) is 11.9. The molecule has 0 atom stereocenters. The van der Waals surface area contributed by atoms with Crippen molar-refractivity contribution in [3.05, 3.63) is 12.4 Å². The molecule has 1 saturated heterocycles. The van der Waals surface area contributed by atoms with Gasteiger partial charge < -0.3 is 15.4 Å². The second kappa shape index (κ2) is 5.63. The minimum atomic E-state index is 0.230. The molecule has 2 aromatic rings. The van der Waals surface area contributed by atoms with Gasteiger partial charge in [0, 0.05) is 26.3 Å². The normalized spacial score (nSPS) is 15.6. The molecular formula is C11H15N7OS. The fourth-order valence-corrected chi connectivity index (χ4v) is 2.65. The second-order valence-electron chi connectivity index (χ2n) is 4.33. The van der Waals surface area contributed by atoms with Crippen LogP contribution in [0.2, 0.25) is 0 Å². The summed E-state index contributed by atoms with van der Waals surface area (Å²) in [5.74, 6) is 0.833. The molecule has 3 rings (SSSR count). The molecule has 0 aromatic carbocycles. The lowest BCUT2D eigenvalue weighted by atomic mass is 10.4. The first kappa shape index (κ1) is 13.1. The van der Waals surface area contributed by atoms with Crippen LogP contribution in [0, 0.1) is 0 Å². The largest absolute Gasteiger partial charge is 0.378 e. The van der Waals surface area contributed by atoms with E-state index in [0.717, 1.165) is 18.0 Å². The average Bonchev–Trinajstić information content (AvgIpc) is 2.84.